The summed E-state index contributed by atoms with van der Waals surface area (Å²) in [6, 6.07) is 2.26. The van der Waals surface area contributed by atoms with Crippen molar-refractivity contribution in [3.63, 3.8) is 0 Å². The van der Waals surface area contributed by atoms with Crippen molar-refractivity contribution in [1.82, 2.24) is 0 Å². The maximum absolute atomic E-state index is 14.6. The lowest BCUT2D eigenvalue weighted by molar-refractivity contribution is -0.226. The lowest BCUT2D eigenvalue weighted by Gasteiger charge is -2.71. The van der Waals surface area contributed by atoms with Crippen LogP contribution in [0, 0.1) is 67.0 Å². The first kappa shape index (κ1) is 27.1. The Bertz CT molecular complexity index is 1170. The van der Waals surface area contributed by atoms with Gasteiger partial charge in [-0.05, 0) is 102 Å². The number of ketones is 2. The van der Waals surface area contributed by atoms with E-state index in [-0.39, 0.29) is 50.1 Å². The van der Waals surface area contributed by atoms with E-state index in [9.17, 15) is 14.9 Å². The molecule has 5 fully saturated rings. The summed E-state index contributed by atoms with van der Waals surface area (Å²) in [4.78, 5) is 27.9. The molecular formula is C33H47NO3S. The maximum Gasteiger partial charge on any atom is 0.179 e. The summed E-state index contributed by atoms with van der Waals surface area (Å²) < 4.78 is 6.26. The van der Waals surface area contributed by atoms with E-state index < -0.39 is 5.41 Å². The van der Waals surface area contributed by atoms with E-state index in [0.717, 1.165) is 57.5 Å². The molecule has 6 aliphatic rings. The Morgan fingerprint density at radius 2 is 1.68 bits per heavy atom. The summed E-state index contributed by atoms with van der Waals surface area (Å²) in [6.45, 7) is 15.0. The zero-order valence-electron chi connectivity index (χ0n) is 24.7. The second kappa shape index (κ2) is 8.00. The van der Waals surface area contributed by atoms with Crippen molar-refractivity contribution in [2.45, 2.75) is 99.3 Å². The second-order valence-corrected chi connectivity index (χ2v) is 16.8. The zero-order valence-corrected chi connectivity index (χ0v) is 25.5. The standard InChI is InChI=1S/C33H47NO3S/c1-27(2)8-11-32(19-37-20-38-7)12-9-29(4)25(22(32)16-27)23(35)14-24-28(29,3)10-13-33-18-31(33,6)26(36)21(17-34)15-30(24,33)5/h15,22,24-25H,8-14,16,18-20H2,1-7H3/t22?,24-,25?,28+,29+,30+,31?,32+,33-/m0/s1. The summed E-state index contributed by atoms with van der Waals surface area (Å²) >= 11 is 1.74. The fourth-order valence-corrected chi connectivity index (χ4v) is 12.0. The van der Waals surface area contributed by atoms with Crippen LogP contribution in [0.1, 0.15) is 99.3 Å². The van der Waals surface area contributed by atoms with Gasteiger partial charge in [0.2, 0.25) is 0 Å². The van der Waals surface area contributed by atoms with Crippen LogP contribution in [-0.4, -0.2) is 30.4 Å². The molecule has 5 heteroatoms. The van der Waals surface area contributed by atoms with Crippen LogP contribution in [0.2, 0.25) is 0 Å². The molecule has 0 N–H and O–H groups in total. The third kappa shape index (κ3) is 3.03. The number of Topliss-reactive ketones (excluding diaryl/α,β-unsaturated/α-hetero) is 2. The van der Waals surface area contributed by atoms with Crippen LogP contribution in [0.5, 0.6) is 0 Å². The largest absolute Gasteiger partial charge is 0.370 e. The molecule has 0 aromatic heterocycles. The SMILES string of the molecule is CSCOC[C@]12CCC(C)(C)CC1C1C(=O)C[C@@H]3[C@@]4(C)C=C(C#N)C(=O)C5(C)C[C@]54CC[C@@]3(C)[C@]1(C)CC2. The van der Waals surface area contributed by atoms with Gasteiger partial charge in [-0.25, -0.2) is 0 Å². The molecule has 4 nitrogen and oxygen atoms in total. The van der Waals surface area contributed by atoms with E-state index >= 15 is 0 Å². The van der Waals surface area contributed by atoms with Gasteiger partial charge in [-0.3, -0.25) is 9.59 Å². The van der Waals surface area contributed by atoms with Crippen molar-refractivity contribution in [2.75, 3.05) is 18.8 Å². The van der Waals surface area contributed by atoms with Crippen LogP contribution in [0.4, 0.5) is 0 Å². The minimum Gasteiger partial charge on any atom is -0.370 e. The van der Waals surface area contributed by atoms with Gasteiger partial charge >= 0.3 is 0 Å². The number of rotatable bonds is 4. The number of hydrogen-bond donors (Lipinski definition) is 0. The van der Waals surface area contributed by atoms with Gasteiger partial charge in [0.1, 0.15) is 11.9 Å². The minimum atomic E-state index is -0.437. The number of hydrogen-bond acceptors (Lipinski definition) is 5. The third-order valence-electron chi connectivity index (χ3n) is 14.2. The molecule has 208 valence electrons. The van der Waals surface area contributed by atoms with E-state index in [0.29, 0.717) is 23.7 Å². The Balaban J connectivity index is 1.44. The quantitative estimate of drug-likeness (QED) is 0.276. The molecular weight excluding hydrogens is 490 g/mol. The molecule has 0 bridgehead atoms. The summed E-state index contributed by atoms with van der Waals surface area (Å²) in [6.07, 6.45) is 13.4. The Labute approximate surface area is 234 Å². The second-order valence-electron chi connectivity index (χ2n) is 16.0. The molecule has 6 aliphatic carbocycles. The van der Waals surface area contributed by atoms with E-state index in [1.807, 2.05) is 0 Å². The van der Waals surface area contributed by atoms with Gasteiger partial charge in [0.25, 0.3) is 0 Å². The predicted octanol–water partition coefficient (Wildman–Crippen LogP) is 7.38. The number of nitriles is 1. The topological polar surface area (TPSA) is 67.2 Å². The summed E-state index contributed by atoms with van der Waals surface area (Å²) in [5.74, 6) is 1.83. The number of thioether (sulfide) groups is 1. The number of ether oxygens (including phenoxy) is 1. The molecule has 3 unspecified atom stereocenters. The van der Waals surface area contributed by atoms with E-state index in [1.165, 1.54) is 6.42 Å². The molecule has 6 rings (SSSR count). The van der Waals surface area contributed by atoms with Gasteiger partial charge in [0.15, 0.2) is 5.78 Å². The highest BCUT2D eigenvalue weighted by Gasteiger charge is 2.82. The van der Waals surface area contributed by atoms with Crippen molar-refractivity contribution >= 4 is 23.3 Å². The normalized spacial score (nSPS) is 52.4. The highest BCUT2D eigenvalue weighted by molar-refractivity contribution is 7.98. The number of allylic oxidation sites excluding steroid dienone is 2. The molecule has 1 spiro atoms. The van der Waals surface area contributed by atoms with E-state index in [4.69, 9.17) is 4.74 Å². The fraction of sp³-hybridized carbons (Fsp3) is 0.848. The average Bonchev–Trinajstić information content (AvgIpc) is 3.50. The van der Waals surface area contributed by atoms with Crippen molar-refractivity contribution in [3.8, 4) is 6.07 Å². The van der Waals surface area contributed by atoms with Crippen LogP contribution >= 0.6 is 11.8 Å². The van der Waals surface area contributed by atoms with Gasteiger partial charge in [0, 0.05) is 17.8 Å². The highest BCUT2D eigenvalue weighted by atomic mass is 32.2. The molecule has 0 aliphatic heterocycles. The molecule has 0 aromatic carbocycles. The van der Waals surface area contributed by atoms with E-state index in [2.05, 4.69) is 59.9 Å². The molecule has 0 amide bonds. The maximum atomic E-state index is 14.6. The summed E-state index contributed by atoms with van der Waals surface area (Å²) in [5.41, 5.74) is -0.207. The molecule has 5 saturated carbocycles. The molecule has 38 heavy (non-hydrogen) atoms. The highest BCUT2D eigenvalue weighted by Crippen LogP contribution is 2.86. The Hall–Kier alpha value is -1.12. The molecule has 0 saturated heterocycles. The van der Waals surface area contributed by atoms with Gasteiger partial charge in [-0.2, -0.15) is 5.26 Å². The number of carbonyl (C=O) groups excluding carboxylic acids is 2. The lowest BCUT2D eigenvalue weighted by atomic mass is 9.32. The van der Waals surface area contributed by atoms with Gasteiger partial charge in [-0.1, -0.05) is 47.6 Å². The number of fused-ring (bicyclic) bond motifs is 6. The molecule has 0 radical (unpaired) electrons. The van der Waals surface area contributed by atoms with Gasteiger partial charge in [-0.15, -0.1) is 11.8 Å². The fourth-order valence-electron chi connectivity index (χ4n) is 11.7. The average molecular weight is 538 g/mol. The molecule has 9 atom stereocenters. The van der Waals surface area contributed by atoms with Crippen molar-refractivity contribution in [2.24, 2.45) is 55.7 Å². The Morgan fingerprint density at radius 1 is 1.00 bits per heavy atom. The van der Waals surface area contributed by atoms with Gasteiger partial charge in [0.05, 0.1) is 18.1 Å². The first-order valence-electron chi connectivity index (χ1n) is 15.0. The first-order valence-corrected chi connectivity index (χ1v) is 16.4. The zero-order chi connectivity index (χ0) is 27.6. The Kier molecular flexibility index (Phi) is 5.70. The molecule has 0 aromatic rings. The van der Waals surface area contributed by atoms with Crippen molar-refractivity contribution in [1.29, 1.82) is 5.26 Å². The summed E-state index contributed by atoms with van der Waals surface area (Å²) in [7, 11) is 0. The van der Waals surface area contributed by atoms with Crippen molar-refractivity contribution in [3.05, 3.63) is 11.6 Å². The number of carbonyl (C=O) groups is 2. The summed E-state index contributed by atoms with van der Waals surface area (Å²) in [5, 5.41) is 9.94. The molecule has 0 heterocycles. The van der Waals surface area contributed by atoms with Gasteiger partial charge < -0.3 is 4.74 Å². The van der Waals surface area contributed by atoms with Crippen molar-refractivity contribution < 1.29 is 14.3 Å². The number of nitrogens with zero attached hydrogens (tertiary/aromatic N) is 1. The minimum absolute atomic E-state index is 0.000404. The first-order chi connectivity index (χ1) is 17.7. The monoisotopic (exact) mass is 537 g/mol. The predicted molar refractivity (Wildman–Crippen MR) is 151 cm³/mol. The smallest absolute Gasteiger partial charge is 0.179 e. The van der Waals surface area contributed by atoms with Crippen LogP contribution in [0.25, 0.3) is 0 Å². The van der Waals surface area contributed by atoms with Crippen LogP contribution in [0.15, 0.2) is 11.6 Å². The third-order valence-corrected chi connectivity index (χ3v) is 14.6. The van der Waals surface area contributed by atoms with E-state index in [1.54, 1.807) is 11.8 Å². The van der Waals surface area contributed by atoms with Crippen LogP contribution < -0.4 is 0 Å². The Morgan fingerprint density at radius 3 is 2.37 bits per heavy atom. The van der Waals surface area contributed by atoms with Crippen LogP contribution in [0.3, 0.4) is 0 Å². The van der Waals surface area contributed by atoms with Crippen LogP contribution in [-0.2, 0) is 14.3 Å². The lowest BCUT2D eigenvalue weighted by Crippen LogP contribution is -2.68.